The molecule has 154 valence electrons. The summed E-state index contributed by atoms with van der Waals surface area (Å²) in [7, 11) is 4.52. The molecule has 9 heteroatoms. The number of ether oxygens (including phenoxy) is 2. The molecule has 29 heavy (non-hydrogen) atoms. The first-order valence-electron chi connectivity index (χ1n) is 9.64. The number of amides is 2. The molecular weight excluding hydrogens is 410 g/mol. The van der Waals surface area contributed by atoms with E-state index in [0.717, 1.165) is 12.0 Å². The van der Waals surface area contributed by atoms with Crippen LogP contribution in [0.5, 0.6) is 11.5 Å². The number of benzene rings is 1. The zero-order valence-electron chi connectivity index (χ0n) is 16.6. The van der Waals surface area contributed by atoms with E-state index in [1.165, 1.54) is 21.6 Å². The van der Waals surface area contributed by atoms with Crippen molar-refractivity contribution in [2.24, 2.45) is 0 Å². The van der Waals surface area contributed by atoms with Crippen LogP contribution >= 0.6 is 21.6 Å². The van der Waals surface area contributed by atoms with E-state index < -0.39 is 9.74 Å². The van der Waals surface area contributed by atoms with Crippen molar-refractivity contribution in [1.82, 2.24) is 9.80 Å². The van der Waals surface area contributed by atoms with Gasteiger partial charge in [-0.25, -0.2) is 0 Å². The van der Waals surface area contributed by atoms with Crippen molar-refractivity contribution in [3.8, 4) is 17.6 Å². The van der Waals surface area contributed by atoms with Gasteiger partial charge in [0.05, 0.1) is 12.1 Å². The zero-order chi connectivity index (χ0) is 20.8. The van der Waals surface area contributed by atoms with Crippen LogP contribution in [0.3, 0.4) is 0 Å². The molecule has 3 atom stereocenters. The molecule has 3 unspecified atom stereocenters. The fraction of sp³-hybridized carbons (Fsp3) is 0.550. The van der Waals surface area contributed by atoms with E-state index in [2.05, 4.69) is 13.0 Å². The molecule has 2 bridgehead atoms. The topological polar surface area (TPSA) is 82.9 Å². The fourth-order valence-corrected chi connectivity index (χ4v) is 7.64. The third-order valence-electron chi connectivity index (χ3n) is 5.86. The molecule has 4 aliphatic rings. The van der Waals surface area contributed by atoms with Crippen LogP contribution in [0.15, 0.2) is 18.2 Å². The highest BCUT2D eigenvalue weighted by molar-refractivity contribution is 8.78. The van der Waals surface area contributed by atoms with Gasteiger partial charge in [-0.2, -0.15) is 5.26 Å². The second-order valence-electron chi connectivity index (χ2n) is 7.55. The fourth-order valence-electron chi connectivity index (χ4n) is 4.13. The van der Waals surface area contributed by atoms with Gasteiger partial charge >= 0.3 is 0 Å². The van der Waals surface area contributed by atoms with Gasteiger partial charge in [-0.05, 0) is 31.0 Å². The third kappa shape index (κ3) is 2.88. The largest absolute Gasteiger partial charge is 0.454 e. The molecule has 1 aromatic rings. The summed E-state index contributed by atoms with van der Waals surface area (Å²) in [6, 6.07) is 7.56. The molecule has 5 rings (SSSR count). The van der Waals surface area contributed by atoms with Crippen molar-refractivity contribution in [3.63, 3.8) is 0 Å². The summed E-state index contributed by atoms with van der Waals surface area (Å²) >= 11 is 0. The van der Waals surface area contributed by atoms with Crippen molar-refractivity contribution in [2.45, 2.75) is 55.3 Å². The third-order valence-corrected chi connectivity index (χ3v) is 9.61. The summed E-state index contributed by atoms with van der Waals surface area (Å²) in [6.07, 6.45) is 2.05. The van der Waals surface area contributed by atoms with Gasteiger partial charge in [-0.1, -0.05) is 41.0 Å². The normalized spacial score (nSPS) is 28.6. The lowest BCUT2D eigenvalue weighted by atomic mass is 9.92. The van der Waals surface area contributed by atoms with Crippen LogP contribution in [-0.4, -0.2) is 45.2 Å². The lowest BCUT2D eigenvalue weighted by Crippen LogP contribution is -2.75. The SMILES string of the molecule is CCCC(c1ccc2c(c1)OCO2)N1C(=O)C2(C)SSC1(CCC#N)C(=O)N2C. The molecule has 4 heterocycles. The Hall–Kier alpha value is -2.05. The van der Waals surface area contributed by atoms with Gasteiger partial charge in [-0.15, -0.1) is 0 Å². The first kappa shape index (κ1) is 20.2. The minimum atomic E-state index is -1.08. The lowest BCUT2D eigenvalue weighted by Gasteiger charge is -2.60. The van der Waals surface area contributed by atoms with Gasteiger partial charge in [-0.3, -0.25) is 9.59 Å². The maximum Gasteiger partial charge on any atom is 0.261 e. The van der Waals surface area contributed by atoms with E-state index in [4.69, 9.17) is 9.47 Å². The van der Waals surface area contributed by atoms with E-state index in [9.17, 15) is 14.9 Å². The summed E-state index contributed by atoms with van der Waals surface area (Å²) < 4.78 is 11.0. The second-order valence-corrected chi connectivity index (χ2v) is 10.4. The molecule has 0 aliphatic carbocycles. The Bertz CT molecular complexity index is 904. The quantitative estimate of drug-likeness (QED) is 0.633. The number of nitrogens with zero attached hydrogens (tertiary/aromatic N) is 3. The summed E-state index contributed by atoms with van der Waals surface area (Å²) in [5.41, 5.74) is 0.915. The summed E-state index contributed by atoms with van der Waals surface area (Å²) in [6.45, 7) is 4.04. The number of rotatable bonds is 6. The molecule has 0 aromatic heterocycles. The average Bonchev–Trinajstić information content (AvgIpc) is 3.19. The van der Waals surface area contributed by atoms with Crippen molar-refractivity contribution >= 4 is 33.4 Å². The van der Waals surface area contributed by atoms with Gasteiger partial charge < -0.3 is 19.3 Å². The number of carbonyl (C=O) groups excluding carboxylic acids is 2. The summed E-state index contributed by atoms with van der Waals surface area (Å²) in [5, 5.41) is 9.21. The van der Waals surface area contributed by atoms with Gasteiger partial charge in [0, 0.05) is 19.9 Å². The molecule has 0 N–H and O–H groups in total. The van der Waals surface area contributed by atoms with Crippen molar-refractivity contribution < 1.29 is 19.1 Å². The van der Waals surface area contributed by atoms with Gasteiger partial charge in [0.25, 0.3) is 11.8 Å². The highest BCUT2D eigenvalue weighted by Crippen LogP contribution is 2.62. The Kier molecular flexibility index (Phi) is 5.11. The zero-order valence-corrected chi connectivity index (χ0v) is 18.3. The Morgan fingerprint density at radius 1 is 1.24 bits per heavy atom. The first-order chi connectivity index (χ1) is 13.9. The minimum absolute atomic E-state index is 0.0857. The smallest absolute Gasteiger partial charge is 0.261 e. The number of carbonyl (C=O) groups is 2. The average molecular weight is 434 g/mol. The number of likely N-dealkylation sites (N-methyl/N-ethyl adjacent to an activating group) is 1. The molecule has 0 radical (unpaired) electrons. The molecule has 7 nitrogen and oxygen atoms in total. The van der Waals surface area contributed by atoms with Crippen molar-refractivity contribution in [3.05, 3.63) is 23.8 Å². The van der Waals surface area contributed by atoms with Gasteiger partial charge in [0.2, 0.25) is 6.79 Å². The van der Waals surface area contributed by atoms with Crippen LogP contribution in [0.2, 0.25) is 0 Å². The monoisotopic (exact) mass is 433 g/mol. The molecule has 2 amide bonds. The number of fused-ring (bicyclic) bond motifs is 4. The van der Waals surface area contributed by atoms with E-state index in [0.29, 0.717) is 24.3 Å². The molecule has 0 spiro atoms. The maximum atomic E-state index is 13.7. The van der Waals surface area contributed by atoms with Crippen LogP contribution in [-0.2, 0) is 9.59 Å². The van der Waals surface area contributed by atoms with Crippen molar-refractivity contribution in [1.29, 1.82) is 5.26 Å². The minimum Gasteiger partial charge on any atom is -0.454 e. The molecule has 3 fully saturated rings. The summed E-state index contributed by atoms with van der Waals surface area (Å²) in [5.74, 6) is 1.14. The van der Waals surface area contributed by atoms with E-state index in [-0.39, 0.29) is 31.1 Å². The predicted octanol–water partition coefficient (Wildman–Crippen LogP) is 3.67. The van der Waals surface area contributed by atoms with Crippen molar-refractivity contribution in [2.75, 3.05) is 13.8 Å². The Balaban J connectivity index is 1.82. The van der Waals surface area contributed by atoms with E-state index >= 15 is 0 Å². The first-order valence-corrected chi connectivity index (χ1v) is 11.8. The van der Waals surface area contributed by atoms with Crippen LogP contribution < -0.4 is 9.47 Å². The highest BCUT2D eigenvalue weighted by atomic mass is 33.1. The van der Waals surface area contributed by atoms with Crippen LogP contribution in [0.25, 0.3) is 0 Å². The van der Waals surface area contributed by atoms with Gasteiger partial charge in [0.1, 0.15) is 0 Å². The standard InChI is InChI=1S/C20H23N3O4S2/c1-4-6-14(13-7-8-15-16(11-13)27-12-26-15)23-17(24)19(2)22(3)18(25)20(23,29-28-19)9-5-10-21/h7-8,11,14H,4-6,9,12H2,1-3H3. The van der Waals surface area contributed by atoms with Gasteiger partial charge in [0.15, 0.2) is 21.2 Å². The molecular formula is C20H23N3O4S2. The Morgan fingerprint density at radius 3 is 2.72 bits per heavy atom. The molecule has 1 aromatic carbocycles. The highest BCUT2D eigenvalue weighted by Gasteiger charge is 2.67. The van der Waals surface area contributed by atoms with Crippen LogP contribution in [0.4, 0.5) is 0 Å². The number of nitriles is 1. The Labute approximate surface area is 178 Å². The van der Waals surface area contributed by atoms with E-state index in [1.54, 1.807) is 23.8 Å². The van der Waals surface area contributed by atoms with Crippen LogP contribution in [0, 0.1) is 11.3 Å². The number of hydrogen-bond acceptors (Lipinski definition) is 7. The summed E-state index contributed by atoms with van der Waals surface area (Å²) in [4.78, 5) is 28.4. The van der Waals surface area contributed by atoms with Crippen LogP contribution in [0.1, 0.15) is 51.1 Å². The second kappa shape index (κ2) is 7.33. The van der Waals surface area contributed by atoms with E-state index in [1.807, 2.05) is 18.2 Å². The molecule has 3 saturated heterocycles. The predicted molar refractivity (Wildman–Crippen MR) is 111 cm³/mol. The number of piperazine rings is 1. The lowest BCUT2D eigenvalue weighted by molar-refractivity contribution is -0.168. The molecule has 0 saturated carbocycles. The maximum absolute atomic E-state index is 13.7. The molecule has 4 aliphatic heterocycles. The Morgan fingerprint density at radius 2 is 2.00 bits per heavy atom. The number of hydrogen-bond donors (Lipinski definition) is 0.